The Bertz CT molecular complexity index is 484. The fourth-order valence-corrected chi connectivity index (χ4v) is 8.08. The maximum absolute atomic E-state index is 10.7. The fraction of sp³-hybridized carbons (Fsp3) is 1.00. The minimum Gasteiger partial charge on any atom is -0.393 e. The lowest BCUT2D eigenvalue weighted by atomic mass is 9.48. The van der Waals surface area contributed by atoms with Crippen LogP contribution in [0.2, 0.25) is 0 Å². The van der Waals surface area contributed by atoms with Crippen LogP contribution >= 0.6 is 0 Å². The molecule has 4 aliphatic carbocycles. The quantitative estimate of drug-likeness (QED) is 0.734. The molecule has 4 aliphatic rings. The van der Waals surface area contributed by atoms with Crippen molar-refractivity contribution in [2.75, 3.05) is 0 Å². The minimum atomic E-state index is -0.443. The Balaban J connectivity index is 1.56. The molecule has 4 rings (SSSR count). The van der Waals surface area contributed by atoms with Gasteiger partial charge in [0.05, 0.1) is 11.7 Å². The van der Waals surface area contributed by atoms with Gasteiger partial charge in [0, 0.05) is 0 Å². The van der Waals surface area contributed by atoms with Gasteiger partial charge in [-0.3, -0.25) is 0 Å². The molecule has 0 aromatic heterocycles. The summed E-state index contributed by atoms with van der Waals surface area (Å²) in [4.78, 5) is 0. The Kier molecular flexibility index (Phi) is 4.12. The summed E-state index contributed by atoms with van der Waals surface area (Å²) in [5.41, 5.74) is -0.0596. The third-order valence-electron chi connectivity index (χ3n) is 9.54. The van der Waals surface area contributed by atoms with Gasteiger partial charge in [0.2, 0.25) is 0 Å². The number of aliphatic hydroxyl groups excluding tert-OH is 1. The Labute approximate surface area is 148 Å². The van der Waals surface area contributed by atoms with Crippen LogP contribution in [0.4, 0.5) is 0 Å². The molecule has 1 unspecified atom stereocenters. The second-order valence-corrected chi connectivity index (χ2v) is 10.6. The van der Waals surface area contributed by atoms with Gasteiger partial charge in [-0.15, -0.1) is 0 Å². The first-order chi connectivity index (χ1) is 11.2. The molecular weight excluding hydrogens is 296 g/mol. The Hall–Kier alpha value is -0.0800. The van der Waals surface area contributed by atoms with E-state index in [1.807, 2.05) is 6.92 Å². The van der Waals surface area contributed by atoms with Crippen molar-refractivity contribution < 1.29 is 10.2 Å². The third kappa shape index (κ3) is 2.42. The molecule has 138 valence electrons. The summed E-state index contributed by atoms with van der Waals surface area (Å²) in [7, 11) is 0. The average molecular weight is 335 g/mol. The van der Waals surface area contributed by atoms with Crippen LogP contribution in [0.3, 0.4) is 0 Å². The summed E-state index contributed by atoms with van der Waals surface area (Å²) < 4.78 is 0. The highest BCUT2D eigenvalue weighted by Crippen LogP contribution is 2.65. The lowest BCUT2D eigenvalue weighted by Gasteiger charge is -2.58. The summed E-state index contributed by atoms with van der Waals surface area (Å²) in [6.07, 6.45) is 10.1. The molecule has 0 aromatic rings. The topological polar surface area (TPSA) is 40.5 Å². The molecule has 10 atom stereocenters. The molecule has 2 N–H and O–H groups in total. The summed E-state index contributed by atoms with van der Waals surface area (Å²) in [6.45, 7) is 8.86. The van der Waals surface area contributed by atoms with Crippen LogP contribution in [0.15, 0.2) is 0 Å². The zero-order valence-electron chi connectivity index (χ0n) is 16.2. The van der Waals surface area contributed by atoms with E-state index >= 15 is 0 Å². The van der Waals surface area contributed by atoms with E-state index in [1.165, 1.54) is 44.9 Å². The average Bonchev–Trinajstić information content (AvgIpc) is 2.85. The first-order valence-corrected chi connectivity index (χ1v) is 10.6. The van der Waals surface area contributed by atoms with E-state index in [2.05, 4.69) is 20.8 Å². The zero-order chi connectivity index (χ0) is 17.3. The molecule has 0 heterocycles. The van der Waals surface area contributed by atoms with Crippen LogP contribution in [0.25, 0.3) is 0 Å². The molecule has 0 radical (unpaired) electrons. The van der Waals surface area contributed by atoms with Crippen LogP contribution in [0.5, 0.6) is 0 Å². The maximum Gasteiger partial charge on any atom is 0.0648 e. The van der Waals surface area contributed by atoms with Crippen molar-refractivity contribution in [3.63, 3.8) is 0 Å². The highest BCUT2D eigenvalue weighted by atomic mass is 16.3. The van der Waals surface area contributed by atoms with E-state index in [0.29, 0.717) is 17.3 Å². The maximum atomic E-state index is 10.7. The Morgan fingerprint density at radius 2 is 1.71 bits per heavy atom. The zero-order valence-corrected chi connectivity index (χ0v) is 16.2. The standard InChI is InChI=1S/C22H38O2/c1-13-11-18-15(12-22(13,4)24)5-6-17-16(18)9-10-21(3)19(14(2)23)7-8-20(17)21/h13-20,23-24H,5-12H2,1-4H3/t13-,14?,15+,16-,17+,18-,19+,20-,21+,22-/m0/s1. The lowest BCUT2D eigenvalue weighted by Crippen LogP contribution is -2.53. The van der Waals surface area contributed by atoms with E-state index < -0.39 is 5.60 Å². The highest BCUT2D eigenvalue weighted by molar-refractivity contribution is 5.08. The molecule has 4 fully saturated rings. The van der Waals surface area contributed by atoms with Gasteiger partial charge in [-0.05, 0) is 112 Å². The monoisotopic (exact) mass is 334 g/mol. The molecule has 0 amide bonds. The predicted molar refractivity (Wildman–Crippen MR) is 97.5 cm³/mol. The molecule has 2 nitrogen and oxygen atoms in total. The number of fused-ring (bicyclic) bond motifs is 5. The van der Waals surface area contributed by atoms with Crippen LogP contribution in [0, 0.1) is 46.8 Å². The number of rotatable bonds is 1. The SMILES string of the molecule is CC(O)[C@H]1CC[C@H]2[C@@H]3CC[C@@H]4C[C@](C)(O)[C@@H](C)C[C@@H]4[C@H]3CC[C@]12C. The van der Waals surface area contributed by atoms with Gasteiger partial charge in [0.15, 0.2) is 0 Å². The van der Waals surface area contributed by atoms with Crippen molar-refractivity contribution in [1.29, 1.82) is 0 Å². The van der Waals surface area contributed by atoms with Crippen molar-refractivity contribution in [1.82, 2.24) is 0 Å². The van der Waals surface area contributed by atoms with E-state index in [1.54, 1.807) is 0 Å². The van der Waals surface area contributed by atoms with Crippen molar-refractivity contribution in [3.05, 3.63) is 0 Å². The molecular formula is C22H38O2. The van der Waals surface area contributed by atoms with Gasteiger partial charge in [-0.2, -0.15) is 0 Å². The summed E-state index contributed by atoms with van der Waals surface area (Å²) in [5.74, 6) is 5.21. The molecule has 4 saturated carbocycles. The number of aliphatic hydroxyl groups is 2. The van der Waals surface area contributed by atoms with Crippen LogP contribution < -0.4 is 0 Å². The first-order valence-electron chi connectivity index (χ1n) is 10.6. The summed E-state index contributed by atoms with van der Waals surface area (Å²) in [5, 5.41) is 21.0. The van der Waals surface area contributed by atoms with Crippen LogP contribution in [0.1, 0.15) is 79.1 Å². The van der Waals surface area contributed by atoms with Crippen molar-refractivity contribution >= 4 is 0 Å². The van der Waals surface area contributed by atoms with Gasteiger partial charge in [0.25, 0.3) is 0 Å². The van der Waals surface area contributed by atoms with Gasteiger partial charge in [-0.1, -0.05) is 13.8 Å². The van der Waals surface area contributed by atoms with Gasteiger partial charge in [0.1, 0.15) is 0 Å². The van der Waals surface area contributed by atoms with Gasteiger partial charge >= 0.3 is 0 Å². The van der Waals surface area contributed by atoms with Gasteiger partial charge < -0.3 is 10.2 Å². The number of hydrogen-bond acceptors (Lipinski definition) is 2. The van der Waals surface area contributed by atoms with Crippen molar-refractivity contribution in [2.45, 2.75) is 90.8 Å². The second kappa shape index (κ2) is 5.71. The highest BCUT2D eigenvalue weighted by Gasteiger charge is 2.58. The molecule has 0 spiro atoms. The lowest BCUT2D eigenvalue weighted by molar-refractivity contribution is -0.126. The molecule has 24 heavy (non-hydrogen) atoms. The minimum absolute atomic E-state index is 0.141. The molecule has 0 saturated heterocycles. The molecule has 2 heteroatoms. The van der Waals surface area contributed by atoms with Crippen LogP contribution in [-0.2, 0) is 0 Å². The van der Waals surface area contributed by atoms with Crippen LogP contribution in [-0.4, -0.2) is 21.9 Å². The second-order valence-electron chi connectivity index (χ2n) is 10.6. The van der Waals surface area contributed by atoms with E-state index in [9.17, 15) is 10.2 Å². The third-order valence-corrected chi connectivity index (χ3v) is 9.54. The predicted octanol–water partition coefficient (Wildman–Crippen LogP) is 4.63. The van der Waals surface area contributed by atoms with Crippen molar-refractivity contribution in [3.8, 4) is 0 Å². The smallest absolute Gasteiger partial charge is 0.0648 e. The normalized spacial score (nSPS) is 58.5. The summed E-state index contributed by atoms with van der Waals surface area (Å²) in [6, 6.07) is 0. The summed E-state index contributed by atoms with van der Waals surface area (Å²) >= 11 is 0. The largest absolute Gasteiger partial charge is 0.393 e. The van der Waals surface area contributed by atoms with E-state index in [-0.39, 0.29) is 6.10 Å². The first kappa shape index (κ1) is 17.3. The molecule has 0 aromatic carbocycles. The van der Waals surface area contributed by atoms with E-state index in [0.717, 1.165) is 36.0 Å². The number of hydrogen-bond donors (Lipinski definition) is 2. The van der Waals surface area contributed by atoms with Gasteiger partial charge in [-0.25, -0.2) is 0 Å². The molecule has 0 aliphatic heterocycles. The Morgan fingerprint density at radius 1 is 0.958 bits per heavy atom. The van der Waals surface area contributed by atoms with E-state index in [4.69, 9.17) is 0 Å². The van der Waals surface area contributed by atoms with Crippen molar-refractivity contribution in [2.24, 2.45) is 46.8 Å². The fourth-order valence-electron chi connectivity index (χ4n) is 8.08. The molecule has 0 bridgehead atoms. The Morgan fingerprint density at radius 3 is 2.42 bits per heavy atom.